The highest BCUT2D eigenvalue weighted by Gasteiger charge is 2.15. The van der Waals surface area contributed by atoms with Gasteiger partial charge in [-0.05, 0) is 41.6 Å². The van der Waals surface area contributed by atoms with Crippen LogP contribution in [0.15, 0.2) is 44.9 Å². The number of fused-ring (bicyclic) bond motifs is 1. The van der Waals surface area contributed by atoms with E-state index in [9.17, 15) is 14.7 Å². The Morgan fingerprint density at radius 2 is 2.07 bits per heavy atom. The van der Waals surface area contributed by atoms with Gasteiger partial charge in [0.25, 0.3) is 0 Å². The van der Waals surface area contributed by atoms with Crippen LogP contribution in [0.5, 0.6) is 5.75 Å². The van der Waals surface area contributed by atoms with E-state index < -0.39 is 5.63 Å². The number of carbonyl (C=O) groups excluding carboxylic acids is 1. The Bertz CT molecular complexity index is 1010. The van der Waals surface area contributed by atoms with Crippen LogP contribution in [0.3, 0.4) is 0 Å². The van der Waals surface area contributed by atoms with Crippen LogP contribution in [-0.2, 0) is 24.3 Å². The molecule has 148 valence electrons. The predicted octanol–water partition coefficient (Wildman–Crippen LogP) is 3.26. The van der Waals surface area contributed by atoms with Crippen molar-refractivity contribution in [2.24, 2.45) is 0 Å². The van der Waals surface area contributed by atoms with E-state index in [1.807, 2.05) is 42.3 Å². The summed E-state index contributed by atoms with van der Waals surface area (Å²) in [5, 5.41) is 15.7. The number of phenolic OH excluding ortho intramolecular Hbond substituents is 1. The number of benzene rings is 1. The third-order valence-corrected chi connectivity index (χ3v) is 5.53. The zero-order valence-corrected chi connectivity index (χ0v) is 16.8. The number of rotatable bonds is 8. The molecule has 0 spiro atoms. The lowest BCUT2D eigenvalue weighted by Gasteiger charge is -2.20. The molecule has 0 saturated heterocycles. The van der Waals surface area contributed by atoms with Crippen molar-refractivity contribution in [3.05, 3.63) is 62.1 Å². The first-order valence-electron chi connectivity index (χ1n) is 9.30. The number of hydrogen-bond acceptors (Lipinski definition) is 6. The molecule has 3 rings (SSSR count). The van der Waals surface area contributed by atoms with E-state index in [2.05, 4.69) is 5.32 Å². The molecule has 0 fully saturated rings. The smallest absolute Gasteiger partial charge is 0.336 e. The minimum Gasteiger partial charge on any atom is -0.508 e. The molecule has 0 aliphatic rings. The number of carbonyl (C=O) groups is 1. The van der Waals surface area contributed by atoms with E-state index in [-0.39, 0.29) is 18.2 Å². The van der Waals surface area contributed by atoms with Crippen molar-refractivity contribution < 1.29 is 14.3 Å². The number of aryl methyl sites for hydroxylation is 1. The number of thiophene rings is 1. The standard InChI is InChI=1S/C21H24N2O4S/c1-3-14-8-17-15(9-21(26)27-19(17)10-18(14)24)12-23(4-2)13-20(25)22-11-16-6-5-7-28-16/h5-10,24H,3-4,11-13H2,1-2H3,(H,22,25). The molecule has 0 bridgehead atoms. The van der Waals surface area contributed by atoms with Gasteiger partial charge in [-0.3, -0.25) is 9.69 Å². The van der Waals surface area contributed by atoms with E-state index in [0.29, 0.717) is 31.6 Å². The van der Waals surface area contributed by atoms with Gasteiger partial charge in [-0.2, -0.15) is 0 Å². The first kappa shape index (κ1) is 20.1. The second-order valence-corrected chi connectivity index (χ2v) is 7.61. The SMILES string of the molecule is CCc1cc2c(CN(CC)CC(=O)NCc3cccs3)cc(=O)oc2cc1O. The van der Waals surface area contributed by atoms with Gasteiger partial charge in [0.05, 0.1) is 13.1 Å². The topological polar surface area (TPSA) is 82.8 Å². The maximum Gasteiger partial charge on any atom is 0.336 e. The maximum atomic E-state index is 12.3. The Hall–Kier alpha value is -2.64. The molecule has 1 amide bonds. The number of nitrogens with zero attached hydrogens (tertiary/aromatic N) is 1. The zero-order valence-electron chi connectivity index (χ0n) is 16.0. The fraction of sp³-hybridized carbons (Fsp3) is 0.333. The number of aromatic hydroxyl groups is 1. The first-order valence-corrected chi connectivity index (χ1v) is 10.2. The van der Waals surface area contributed by atoms with Gasteiger partial charge in [0.2, 0.25) is 5.91 Å². The molecule has 0 radical (unpaired) electrons. The number of hydrogen-bond donors (Lipinski definition) is 2. The molecule has 2 N–H and O–H groups in total. The molecule has 0 atom stereocenters. The van der Waals surface area contributed by atoms with Crippen LogP contribution in [0.4, 0.5) is 0 Å². The van der Waals surface area contributed by atoms with Crippen LogP contribution >= 0.6 is 11.3 Å². The normalized spacial score (nSPS) is 11.2. The molecule has 3 aromatic rings. The van der Waals surface area contributed by atoms with Crippen LogP contribution in [0, 0.1) is 0 Å². The number of likely N-dealkylation sites (N-methyl/N-ethyl adjacent to an activating group) is 1. The van der Waals surface area contributed by atoms with Crippen LogP contribution in [0.1, 0.15) is 29.9 Å². The summed E-state index contributed by atoms with van der Waals surface area (Å²) in [5.41, 5.74) is 1.47. The number of amides is 1. The monoisotopic (exact) mass is 400 g/mol. The van der Waals surface area contributed by atoms with Gasteiger partial charge in [-0.25, -0.2) is 4.79 Å². The molecule has 0 saturated carbocycles. The molecule has 28 heavy (non-hydrogen) atoms. The van der Waals surface area contributed by atoms with E-state index >= 15 is 0 Å². The molecule has 6 nitrogen and oxygen atoms in total. The molecule has 1 aromatic carbocycles. The average molecular weight is 401 g/mol. The van der Waals surface area contributed by atoms with Crippen LogP contribution in [0.2, 0.25) is 0 Å². The van der Waals surface area contributed by atoms with E-state index in [0.717, 1.165) is 21.4 Å². The van der Waals surface area contributed by atoms with E-state index in [4.69, 9.17) is 4.42 Å². The summed E-state index contributed by atoms with van der Waals surface area (Å²) in [6.45, 7) is 5.79. The molecule has 0 unspecified atom stereocenters. The summed E-state index contributed by atoms with van der Waals surface area (Å²) in [4.78, 5) is 27.3. The fourth-order valence-electron chi connectivity index (χ4n) is 3.10. The second kappa shape index (κ2) is 9.03. The van der Waals surface area contributed by atoms with Crippen molar-refractivity contribution >= 4 is 28.2 Å². The van der Waals surface area contributed by atoms with Crippen molar-refractivity contribution in [3.8, 4) is 5.75 Å². The lowest BCUT2D eigenvalue weighted by Crippen LogP contribution is -2.36. The Balaban J connectivity index is 1.77. The molecule has 2 aromatic heterocycles. The summed E-state index contributed by atoms with van der Waals surface area (Å²) >= 11 is 1.61. The van der Waals surface area contributed by atoms with Crippen molar-refractivity contribution in [2.45, 2.75) is 33.4 Å². The molecular weight excluding hydrogens is 376 g/mol. The second-order valence-electron chi connectivity index (χ2n) is 6.58. The predicted molar refractivity (Wildman–Crippen MR) is 111 cm³/mol. The maximum absolute atomic E-state index is 12.3. The molecule has 0 aliphatic carbocycles. The number of phenols is 1. The lowest BCUT2D eigenvalue weighted by molar-refractivity contribution is -0.122. The van der Waals surface area contributed by atoms with Crippen LogP contribution < -0.4 is 10.9 Å². The third kappa shape index (κ3) is 4.79. The zero-order chi connectivity index (χ0) is 20.1. The number of nitrogens with one attached hydrogen (secondary N) is 1. The minimum absolute atomic E-state index is 0.0607. The highest BCUT2D eigenvalue weighted by Crippen LogP contribution is 2.27. The molecule has 7 heteroatoms. The van der Waals surface area contributed by atoms with Crippen molar-refractivity contribution in [2.75, 3.05) is 13.1 Å². The highest BCUT2D eigenvalue weighted by molar-refractivity contribution is 7.09. The first-order chi connectivity index (χ1) is 13.5. The van der Waals surface area contributed by atoms with Crippen LogP contribution in [-0.4, -0.2) is 29.0 Å². The minimum atomic E-state index is -0.468. The summed E-state index contributed by atoms with van der Waals surface area (Å²) in [5.74, 6) is 0.0602. The van der Waals surface area contributed by atoms with E-state index in [1.54, 1.807) is 11.3 Å². The average Bonchev–Trinajstić information content (AvgIpc) is 3.18. The van der Waals surface area contributed by atoms with Gasteiger partial charge in [0.1, 0.15) is 11.3 Å². The van der Waals surface area contributed by atoms with Gasteiger partial charge >= 0.3 is 5.63 Å². The van der Waals surface area contributed by atoms with Crippen molar-refractivity contribution in [1.82, 2.24) is 10.2 Å². The van der Waals surface area contributed by atoms with Crippen molar-refractivity contribution in [3.63, 3.8) is 0 Å². The Morgan fingerprint density at radius 1 is 1.25 bits per heavy atom. The lowest BCUT2D eigenvalue weighted by atomic mass is 10.0. The Labute approximate surface area is 167 Å². The fourth-order valence-corrected chi connectivity index (χ4v) is 3.74. The van der Waals surface area contributed by atoms with Crippen LogP contribution in [0.25, 0.3) is 11.0 Å². The van der Waals surface area contributed by atoms with Crippen molar-refractivity contribution in [1.29, 1.82) is 0 Å². The van der Waals surface area contributed by atoms with Gasteiger partial charge in [-0.15, -0.1) is 11.3 Å². The quantitative estimate of drug-likeness (QED) is 0.567. The van der Waals surface area contributed by atoms with E-state index in [1.165, 1.54) is 12.1 Å². The summed E-state index contributed by atoms with van der Waals surface area (Å²) in [6.07, 6.45) is 0.670. The largest absolute Gasteiger partial charge is 0.508 e. The summed E-state index contributed by atoms with van der Waals surface area (Å²) < 4.78 is 5.25. The summed E-state index contributed by atoms with van der Waals surface area (Å²) in [6, 6.07) is 8.75. The molecule has 0 aliphatic heterocycles. The highest BCUT2D eigenvalue weighted by atomic mass is 32.1. The molecule has 2 heterocycles. The Morgan fingerprint density at radius 3 is 2.75 bits per heavy atom. The van der Waals surface area contributed by atoms with Gasteiger partial charge in [-0.1, -0.05) is 19.9 Å². The van der Waals surface area contributed by atoms with Gasteiger partial charge < -0.3 is 14.8 Å². The third-order valence-electron chi connectivity index (χ3n) is 4.66. The van der Waals surface area contributed by atoms with Gasteiger partial charge in [0, 0.05) is 28.9 Å². The van der Waals surface area contributed by atoms with Gasteiger partial charge in [0.15, 0.2) is 0 Å². The molecular formula is C21H24N2O4S. The summed E-state index contributed by atoms with van der Waals surface area (Å²) in [7, 11) is 0. The Kier molecular flexibility index (Phi) is 6.49.